The molecule has 2 rings (SSSR count). The van der Waals surface area contributed by atoms with Crippen LogP contribution in [0.25, 0.3) is 0 Å². The van der Waals surface area contributed by atoms with Crippen LogP contribution in [0.1, 0.15) is 6.92 Å². The molecule has 1 heterocycles. The lowest BCUT2D eigenvalue weighted by molar-refractivity contribution is -0.142. The van der Waals surface area contributed by atoms with Crippen molar-refractivity contribution in [2.24, 2.45) is 11.8 Å². The average Bonchev–Trinajstić information content (AvgIpc) is 2.81. The Bertz CT molecular complexity index is 661. The molecule has 1 saturated heterocycles. The normalized spacial score (nSPS) is 23.2. The summed E-state index contributed by atoms with van der Waals surface area (Å²) in [7, 11) is -2.63. The molecule has 21 heavy (non-hydrogen) atoms. The zero-order chi connectivity index (χ0) is 15.8. The van der Waals surface area contributed by atoms with Gasteiger partial charge in [-0.25, -0.2) is 12.8 Å². The Morgan fingerprint density at radius 3 is 2.57 bits per heavy atom. The van der Waals surface area contributed by atoms with Gasteiger partial charge in [0.15, 0.2) is 11.6 Å². The number of carboxylic acid groups (broad SMARTS) is 1. The van der Waals surface area contributed by atoms with Gasteiger partial charge in [-0.15, -0.1) is 0 Å². The van der Waals surface area contributed by atoms with Crippen molar-refractivity contribution in [1.29, 1.82) is 0 Å². The highest BCUT2D eigenvalue weighted by molar-refractivity contribution is 7.89. The Labute approximate surface area is 122 Å². The molecule has 0 amide bonds. The molecular formula is C13H16FNO5S. The van der Waals surface area contributed by atoms with E-state index in [2.05, 4.69) is 0 Å². The maximum absolute atomic E-state index is 13.6. The van der Waals surface area contributed by atoms with E-state index in [1.165, 1.54) is 19.2 Å². The predicted octanol–water partition coefficient (Wildman–Crippen LogP) is 1.18. The first-order valence-electron chi connectivity index (χ1n) is 6.34. The van der Waals surface area contributed by atoms with E-state index in [4.69, 9.17) is 9.84 Å². The lowest BCUT2D eigenvalue weighted by Gasteiger charge is -2.16. The van der Waals surface area contributed by atoms with Crippen molar-refractivity contribution in [3.8, 4) is 5.75 Å². The van der Waals surface area contributed by atoms with Crippen LogP contribution in [0.3, 0.4) is 0 Å². The topological polar surface area (TPSA) is 83.9 Å². The van der Waals surface area contributed by atoms with Crippen molar-refractivity contribution >= 4 is 16.0 Å². The first kappa shape index (κ1) is 15.7. The largest absolute Gasteiger partial charge is 0.494 e. The van der Waals surface area contributed by atoms with Crippen LogP contribution >= 0.6 is 0 Å². The zero-order valence-electron chi connectivity index (χ0n) is 11.6. The highest BCUT2D eigenvalue weighted by Crippen LogP contribution is 2.30. The Balaban J connectivity index is 2.31. The summed E-state index contributed by atoms with van der Waals surface area (Å²) in [6.45, 7) is 1.68. The van der Waals surface area contributed by atoms with E-state index in [0.717, 1.165) is 10.4 Å². The van der Waals surface area contributed by atoms with Crippen LogP contribution < -0.4 is 4.74 Å². The fourth-order valence-corrected chi connectivity index (χ4v) is 3.98. The van der Waals surface area contributed by atoms with Gasteiger partial charge in [0, 0.05) is 13.1 Å². The number of hydrogen-bond acceptors (Lipinski definition) is 4. The molecular weight excluding hydrogens is 301 g/mol. The SMILES string of the molecule is COc1ccc(S(=O)(=O)N2CC(C)C(C(=O)O)C2)cc1F. The van der Waals surface area contributed by atoms with Crippen LogP contribution in [-0.2, 0) is 14.8 Å². The van der Waals surface area contributed by atoms with Gasteiger partial charge in [-0.1, -0.05) is 6.92 Å². The molecule has 116 valence electrons. The van der Waals surface area contributed by atoms with Crippen molar-refractivity contribution in [3.63, 3.8) is 0 Å². The van der Waals surface area contributed by atoms with Gasteiger partial charge in [0.1, 0.15) is 0 Å². The van der Waals surface area contributed by atoms with Gasteiger partial charge in [-0.3, -0.25) is 4.79 Å². The third-order valence-corrected chi connectivity index (χ3v) is 5.48. The fourth-order valence-electron chi connectivity index (χ4n) is 2.40. The first-order valence-corrected chi connectivity index (χ1v) is 7.78. The molecule has 0 spiro atoms. The quantitative estimate of drug-likeness (QED) is 0.901. The van der Waals surface area contributed by atoms with Crippen LogP contribution in [0.2, 0.25) is 0 Å². The minimum absolute atomic E-state index is 0.0489. The van der Waals surface area contributed by atoms with Gasteiger partial charge in [0.2, 0.25) is 10.0 Å². The number of halogens is 1. The second-order valence-corrected chi connectivity index (χ2v) is 6.98. The van der Waals surface area contributed by atoms with E-state index in [9.17, 15) is 17.6 Å². The number of rotatable bonds is 4. The monoisotopic (exact) mass is 317 g/mol. The van der Waals surface area contributed by atoms with Crippen molar-refractivity contribution in [2.45, 2.75) is 11.8 Å². The third-order valence-electron chi connectivity index (χ3n) is 3.66. The van der Waals surface area contributed by atoms with Gasteiger partial charge >= 0.3 is 5.97 Å². The molecule has 1 fully saturated rings. The number of carboxylic acids is 1. The van der Waals surface area contributed by atoms with Gasteiger partial charge in [0.05, 0.1) is 17.9 Å². The molecule has 0 saturated carbocycles. The molecule has 2 unspecified atom stereocenters. The molecule has 6 nitrogen and oxygen atoms in total. The molecule has 1 aromatic carbocycles. The van der Waals surface area contributed by atoms with E-state index in [0.29, 0.717) is 0 Å². The van der Waals surface area contributed by atoms with Gasteiger partial charge in [-0.05, 0) is 24.1 Å². The molecule has 0 aromatic heterocycles. The Morgan fingerprint density at radius 1 is 1.43 bits per heavy atom. The summed E-state index contributed by atoms with van der Waals surface area (Å²) in [6, 6.07) is 3.36. The second-order valence-electron chi connectivity index (χ2n) is 5.04. The van der Waals surface area contributed by atoms with E-state index < -0.39 is 27.7 Å². The van der Waals surface area contributed by atoms with Crippen LogP contribution in [0.15, 0.2) is 23.1 Å². The minimum Gasteiger partial charge on any atom is -0.494 e. The average molecular weight is 317 g/mol. The summed E-state index contributed by atoms with van der Waals surface area (Å²) >= 11 is 0. The van der Waals surface area contributed by atoms with Crippen molar-refractivity contribution < 1.29 is 27.4 Å². The lowest BCUT2D eigenvalue weighted by atomic mass is 9.99. The summed E-state index contributed by atoms with van der Waals surface area (Å²) in [5, 5.41) is 9.05. The number of sulfonamides is 1. The van der Waals surface area contributed by atoms with Gasteiger partial charge in [0.25, 0.3) is 0 Å². The fraction of sp³-hybridized carbons (Fsp3) is 0.462. The number of benzene rings is 1. The maximum Gasteiger partial charge on any atom is 0.308 e. The number of hydrogen-bond donors (Lipinski definition) is 1. The standard InChI is InChI=1S/C13H16FNO5S/c1-8-6-15(7-10(8)13(16)17)21(18,19)9-3-4-12(20-2)11(14)5-9/h3-5,8,10H,6-7H2,1-2H3,(H,16,17). The van der Waals surface area contributed by atoms with E-state index >= 15 is 0 Å². The van der Waals surface area contributed by atoms with Crippen LogP contribution in [0.4, 0.5) is 4.39 Å². The van der Waals surface area contributed by atoms with Crippen molar-refractivity contribution in [2.75, 3.05) is 20.2 Å². The highest BCUT2D eigenvalue weighted by Gasteiger charge is 2.40. The molecule has 0 bridgehead atoms. The lowest BCUT2D eigenvalue weighted by Crippen LogP contribution is -2.30. The van der Waals surface area contributed by atoms with Crippen LogP contribution in [-0.4, -0.2) is 44.0 Å². The summed E-state index contributed by atoms with van der Waals surface area (Å²) in [5.74, 6) is -2.89. The van der Waals surface area contributed by atoms with Crippen molar-refractivity contribution in [3.05, 3.63) is 24.0 Å². The van der Waals surface area contributed by atoms with Crippen LogP contribution in [0, 0.1) is 17.7 Å². The molecule has 1 aromatic rings. The second kappa shape index (κ2) is 5.61. The van der Waals surface area contributed by atoms with Crippen molar-refractivity contribution in [1.82, 2.24) is 4.31 Å². The van der Waals surface area contributed by atoms with E-state index in [-0.39, 0.29) is 29.7 Å². The zero-order valence-corrected chi connectivity index (χ0v) is 12.4. The molecule has 1 aliphatic rings. The predicted molar refractivity (Wildman–Crippen MR) is 72.0 cm³/mol. The molecule has 0 aliphatic carbocycles. The number of aliphatic carboxylic acids is 1. The first-order chi connectivity index (χ1) is 9.77. The maximum atomic E-state index is 13.6. The molecule has 8 heteroatoms. The Hall–Kier alpha value is -1.67. The number of methoxy groups -OCH3 is 1. The summed E-state index contributed by atoms with van der Waals surface area (Å²) in [6.07, 6.45) is 0. The highest BCUT2D eigenvalue weighted by atomic mass is 32.2. The molecule has 1 aliphatic heterocycles. The number of nitrogens with zero attached hydrogens (tertiary/aromatic N) is 1. The van der Waals surface area contributed by atoms with Crippen LogP contribution in [0.5, 0.6) is 5.75 Å². The summed E-state index contributed by atoms with van der Waals surface area (Å²) < 4.78 is 44.3. The third kappa shape index (κ3) is 2.86. The molecule has 1 N–H and O–H groups in total. The number of carbonyl (C=O) groups is 1. The van der Waals surface area contributed by atoms with E-state index in [1.807, 2.05) is 0 Å². The molecule has 0 radical (unpaired) electrons. The minimum atomic E-state index is -3.91. The van der Waals surface area contributed by atoms with Gasteiger partial charge in [-0.2, -0.15) is 4.31 Å². The number of ether oxygens (including phenoxy) is 1. The summed E-state index contributed by atoms with van der Waals surface area (Å²) in [4.78, 5) is 10.9. The Morgan fingerprint density at radius 2 is 2.10 bits per heavy atom. The van der Waals surface area contributed by atoms with Gasteiger partial charge < -0.3 is 9.84 Å². The smallest absolute Gasteiger partial charge is 0.308 e. The Kier molecular flexibility index (Phi) is 4.20. The molecule has 2 atom stereocenters. The van der Waals surface area contributed by atoms with E-state index in [1.54, 1.807) is 6.92 Å². The summed E-state index contributed by atoms with van der Waals surface area (Å²) in [5.41, 5.74) is 0.